The number of carbonyl (C=O) groups excluding carboxylic acids is 1. The first kappa shape index (κ1) is 26.2. The minimum Gasteiger partial charge on any atom is -0.497 e. The van der Waals surface area contributed by atoms with Crippen LogP contribution < -0.4 is 10.1 Å². The third-order valence-corrected chi connectivity index (χ3v) is 8.11. The van der Waals surface area contributed by atoms with E-state index in [9.17, 15) is 13.6 Å². The Balaban J connectivity index is 1.25. The van der Waals surface area contributed by atoms with Crippen LogP contribution in [0, 0.1) is 17.6 Å². The van der Waals surface area contributed by atoms with Gasteiger partial charge in [0.1, 0.15) is 17.4 Å². The van der Waals surface area contributed by atoms with E-state index < -0.39 is 11.6 Å². The molecule has 0 unspecified atom stereocenters. The number of nitrogens with one attached hydrogen (secondary N) is 1. The van der Waals surface area contributed by atoms with Crippen molar-refractivity contribution in [3.8, 4) is 16.9 Å². The standard InChI is InChI=1S/C34H32F2N2O2/c1-40-28-9-5-8-24(16-28)29-11-10-25(19-37-34(39)32-18-31(32)23-6-3-2-4-7-23)33-21-38(13-12-30(29)33)20-22-14-26(35)17-27(36)15-22/h2-11,14-17,31-32H,12-13,18-21H2,1H3,(H,37,39)/t31-,32+/m1/s1. The van der Waals surface area contributed by atoms with Crippen molar-refractivity contribution in [3.05, 3.63) is 124 Å². The van der Waals surface area contributed by atoms with Crippen LogP contribution in [0.3, 0.4) is 0 Å². The second-order valence-electron chi connectivity index (χ2n) is 10.8. The van der Waals surface area contributed by atoms with Gasteiger partial charge in [-0.2, -0.15) is 0 Å². The molecule has 2 aliphatic rings. The second kappa shape index (κ2) is 11.2. The molecule has 4 nitrogen and oxygen atoms in total. The highest BCUT2D eigenvalue weighted by Crippen LogP contribution is 2.47. The molecule has 4 aromatic carbocycles. The zero-order valence-electron chi connectivity index (χ0n) is 22.5. The first-order valence-electron chi connectivity index (χ1n) is 13.8. The summed E-state index contributed by atoms with van der Waals surface area (Å²) in [6.45, 7) is 2.29. The van der Waals surface area contributed by atoms with Crippen molar-refractivity contribution >= 4 is 5.91 Å². The molecule has 40 heavy (non-hydrogen) atoms. The topological polar surface area (TPSA) is 41.6 Å². The predicted molar refractivity (Wildman–Crippen MR) is 152 cm³/mol. The smallest absolute Gasteiger partial charge is 0.224 e. The summed E-state index contributed by atoms with van der Waals surface area (Å²) >= 11 is 0. The SMILES string of the molecule is COc1cccc(-c2ccc(CNC(=O)[C@H]3C[C@@H]3c3ccccc3)c3c2CCN(Cc2cc(F)cc(F)c2)C3)c1. The van der Waals surface area contributed by atoms with Crippen LogP contribution in [-0.2, 0) is 30.8 Å². The van der Waals surface area contributed by atoms with Gasteiger partial charge in [-0.05, 0) is 82.0 Å². The number of fused-ring (bicyclic) bond motifs is 1. The van der Waals surface area contributed by atoms with Gasteiger partial charge >= 0.3 is 0 Å². The molecule has 1 fully saturated rings. The molecule has 1 N–H and O–H groups in total. The van der Waals surface area contributed by atoms with Gasteiger partial charge in [-0.3, -0.25) is 9.69 Å². The Morgan fingerprint density at radius 3 is 2.52 bits per heavy atom. The number of amides is 1. The Hall–Kier alpha value is -4.03. The number of ether oxygens (including phenoxy) is 1. The molecule has 0 radical (unpaired) electrons. The molecule has 0 bridgehead atoms. The van der Waals surface area contributed by atoms with Gasteiger partial charge in [0.15, 0.2) is 0 Å². The first-order chi connectivity index (χ1) is 19.5. The molecule has 2 atom stereocenters. The van der Waals surface area contributed by atoms with E-state index in [1.807, 2.05) is 36.4 Å². The largest absolute Gasteiger partial charge is 0.497 e. The molecule has 1 amide bonds. The van der Waals surface area contributed by atoms with Crippen molar-refractivity contribution in [2.24, 2.45) is 5.92 Å². The van der Waals surface area contributed by atoms with E-state index in [2.05, 4.69) is 40.5 Å². The lowest BCUT2D eigenvalue weighted by atomic mass is 9.87. The van der Waals surface area contributed by atoms with Crippen molar-refractivity contribution in [3.63, 3.8) is 0 Å². The zero-order chi connectivity index (χ0) is 27.6. The third kappa shape index (κ3) is 5.63. The summed E-state index contributed by atoms with van der Waals surface area (Å²) in [6, 6.07) is 26.2. The molecule has 1 aliphatic carbocycles. The van der Waals surface area contributed by atoms with Crippen LogP contribution in [0.1, 0.15) is 40.2 Å². The maximum absolute atomic E-state index is 13.9. The molecule has 0 saturated heterocycles. The van der Waals surface area contributed by atoms with Gasteiger partial charge in [0.05, 0.1) is 7.11 Å². The number of rotatable bonds is 8. The Morgan fingerprint density at radius 1 is 0.950 bits per heavy atom. The van der Waals surface area contributed by atoms with Crippen LogP contribution in [0.25, 0.3) is 11.1 Å². The van der Waals surface area contributed by atoms with E-state index in [4.69, 9.17) is 4.74 Å². The van der Waals surface area contributed by atoms with Crippen LogP contribution >= 0.6 is 0 Å². The Labute approximate surface area is 233 Å². The van der Waals surface area contributed by atoms with Gasteiger partial charge in [-0.25, -0.2) is 8.78 Å². The number of hydrogen-bond donors (Lipinski definition) is 1. The first-order valence-corrected chi connectivity index (χ1v) is 13.8. The fourth-order valence-electron chi connectivity index (χ4n) is 5.99. The van der Waals surface area contributed by atoms with Gasteiger partial charge in [-0.1, -0.05) is 54.6 Å². The Bertz CT molecular complexity index is 1520. The van der Waals surface area contributed by atoms with Crippen LogP contribution in [-0.4, -0.2) is 24.5 Å². The normalized spacial score (nSPS) is 18.2. The molecule has 6 rings (SSSR count). The molecule has 1 heterocycles. The summed E-state index contributed by atoms with van der Waals surface area (Å²) < 4.78 is 33.2. The average molecular weight is 539 g/mol. The van der Waals surface area contributed by atoms with E-state index in [0.29, 0.717) is 25.2 Å². The number of carbonyl (C=O) groups is 1. The summed E-state index contributed by atoms with van der Waals surface area (Å²) in [4.78, 5) is 15.3. The van der Waals surface area contributed by atoms with Crippen molar-refractivity contribution in [2.45, 2.75) is 38.4 Å². The Morgan fingerprint density at radius 2 is 1.75 bits per heavy atom. The van der Waals surface area contributed by atoms with Crippen molar-refractivity contribution in [1.82, 2.24) is 10.2 Å². The minimum absolute atomic E-state index is 0.00801. The lowest BCUT2D eigenvalue weighted by Crippen LogP contribution is -2.32. The highest BCUT2D eigenvalue weighted by molar-refractivity contribution is 5.83. The van der Waals surface area contributed by atoms with E-state index in [1.165, 1.54) is 28.8 Å². The second-order valence-corrected chi connectivity index (χ2v) is 10.8. The third-order valence-electron chi connectivity index (χ3n) is 8.11. The van der Waals surface area contributed by atoms with Crippen LogP contribution in [0.4, 0.5) is 8.78 Å². The van der Waals surface area contributed by atoms with Crippen molar-refractivity contribution in [1.29, 1.82) is 0 Å². The fraction of sp³-hybridized carbons (Fsp3) is 0.265. The molecule has 1 aliphatic heterocycles. The van der Waals surface area contributed by atoms with Crippen LogP contribution in [0.15, 0.2) is 84.9 Å². The van der Waals surface area contributed by atoms with Crippen molar-refractivity contribution < 1.29 is 18.3 Å². The highest BCUT2D eigenvalue weighted by atomic mass is 19.1. The van der Waals surface area contributed by atoms with Gasteiger partial charge in [0, 0.05) is 38.2 Å². The number of nitrogens with zero attached hydrogens (tertiary/aromatic N) is 1. The number of halogens is 2. The summed E-state index contributed by atoms with van der Waals surface area (Å²) in [7, 11) is 1.66. The van der Waals surface area contributed by atoms with E-state index in [1.54, 1.807) is 7.11 Å². The molecule has 204 valence electrons. The maximum atomic E-state index is 13.9. The van der Waals surface area contributed by atoms with Gasteiger partial charge in [-0.15, -0.1) is 0 Å². The molecular weight excluding hydrogens is 506 g/mol. The van der Waals surface area contributed by atoms with Crippen LogP contribution in [0.2, 0.25) is 0 Å². The summed E-state index contributed by atoms with van der Waals surface area (Å²) in [5.41, 5.74) is 7.53. The van der Waals surface area contributed by atoms with E-state index >= 15 is 0 Å². The number of benzene rings is 4. The number of methoxy groups -OCH3 is 1. The van der Waals surface area contributed by atoms with Gasteiger partial charge in [0.2, 0.25) is 5.91 Å². The minimum atomic E-state index is -0.565. The number of hydrogen-bond acceptors (Lipinski definition) is 3. The quantitative estimate of drug-likeness (QED) is 0.274. The monoisotopic (exact) mass is 538 g/mol. The Kier molecular flexibility index (Phi) is 7.35. The lowest BCUT2D eigenvalue weighted by Gasteiger charge is -2.32. The summed E-state index contributed by atoms with van der Waals surface area (Å²) in [5, 5.41) is 3.19. The average Bonchev–Trinajstić information content (AvgIpc) is 3.77. The fourth-order valence-corrected chi connectivity index (χ4v) is 5.99. The van der Waals surface area contributed by atoms with Crippen LogP contribution in [0.5, 0.6) is 5.75 Å². The summed E-state index contributed by atoms with van der Waals surface area (Å²) in [6.07, 6.45) is 1.67. The molecule has 0 spiro atoms. The predicted octanol–water partition coefficient (Wildman–Crippen LogP) is 6.62. The molecule has 4 aromatic rings. The maximum Gasteiger partial charge on any atom is 0.224 e. The van der Waals surface area contributed by atoms with E-state index in [0.717, 1.165) is 47.9 Å². The zero-order valence-corrected chi connectivity index (χ0v) is 22.5. The molecular formula is C34H32F2N2O2. The van der Waals surface area contributed by atoms with Gasteiger partial charge < -0.3 is 10.1 Å². The van der Waals surface area contributed by atoms with Crippen molar-refractivity contribution in [2.75, 3.05) is 13.7 Å². The molecule has 6 heteroatoms. The molecule has 0 aromatic heterocycles. The molecule has 1 saturated carbocycles. The van der Waals surface area contributed by atoms with Gasteiger partial charge in [0.25, 0.3) is 0 Å². The lowest BCUT2D eigenvalue weighted by molar-refractivity contribution is -0.122. The highest BCUT2D eigenvalue weighted by Gasteiger charge is 2.43. The van der Waals surface area contributed by atoms with E-state index in [-0.39, 0.29) is 17.7 Å². The summed E-state index contributed by atoms with van der Waals surface area (Å²) in [5.74, 6) is 0.0457.